The Morgan fingerprint density at radius 1 is 1.35 bits per heavy atom. The molecular formula is C14H15N3O3. The number of methoxy groups -OCH3 is 1. The fraction of sp³-hybridized carbons (Fsp3) is 0.143. The monoisotopic (exact) mass is 273 g/mol. The van der Waals surface area contributed by atoms with Crippen LogP contribution in [0.1, 0.15) is 11.1 Å². The molecule has 0 amide bonds. The molecule has 0 spiro atoms. The van der Waals surface area contributed by atoms with E-state index in [-0.39, 0.29) is 5.84 Å². The van der Waals surface area contributed by atoms with E-state index in [1.54, 1.807) is 19.2 Å². The van der Waals surface area contributed by atoms with Crippen molar-refractivity contribution in [3.8, 4) is 11.6 Å². The van der Waals surface area contributed by atoms with Crippen LogP contribution < -0.4 is 10.5 Å². The molecule has 0 aliphatic rings. The fourth-order valence-corrected chi connectivity index (χ4v) is 1.64. The van der Waals surface area contributed by atoms with Gasteiger partial charge in [-0.1, -0.05) is 17.3 Å². The summed E-state index contributed by atoms with van der Waals surface area (Å²) in [5.41, 5.74) is 6.99. The Morgan fingerprint density at radius 3 is 2.85 bits per heavy atom. The van der Waals surface area contributed by atoms with Crippen LogP contribution in [0, 0.1) is 0 Å². The number of oxime groups is 1. The molecule has 2 rings (SSSR count). The van der Waals surface area contributed by atoms with Crippen LogP contribution >= 0.6 is 0 Å². The van der Waals surface area contributed by atoms with Crippen molar-refractivity contribution in [2.24, 2.45) is 10.9 Å². The number of hydrogen-bond donors (Lipinski definition) is 2. The third-order valence-electron chi connectivity index (χ3n) is 2.57. The molecule has 0 aliphatic carbocycles. The van der Waals surface area contributed by atoms with Gasteiger partial charge in [-0.05, 0) is 23.8 Å². The van der Waals surface area contributed by atoms with E-state index in [1.165, 1.54) is 6.20 Å². The molecule has 0 unspecified atom stereocenters. The second kappa shape index (κ2) is 6.53. The van der Waals surface area contributed by atoms with Crippen molar-refractivity contribution < 1.29 is 14.7 Å². The van der Waals surface area contributed by atoms with Gasteiger partial charge in [0.2, 0.25) is 5.88 Å². The molecule has 0 aliphatic heterocycles. The first-order valence-corrected chi connectivity index (χ1v) is 5.92. The zero-order valence-electron chi connectivity index (χ0n) is 11.0. The molecular weight excluding hydrogens is 258 g/mol. The lowest BCUT2D eigenvalue weighted by atomic mass is 10.2. The Hall–Kier alpha value is -2.60. The number of pyridine rings is 1. The normalized spacial score (nSPS) is 11.3. The average molecular weight is 273 g/mol. The summed E-state index contributed by atoms with van der Waals surface area (Å²) in [6.45, 7) is 0.521. The molecule has 0 atom stereocenters. The quantitative estimate of drug-likeness (QED) is 0.377. The molecule has 2 aromatic rings. The molecule has 0 bridgehead atoms. The molecule has 1 aromatic carbocycles. The molecule has 1 aromatic heterocycles. The predicted molar refractivity (Wildman–Crippen MR) is 74.0 cm³/mol. The van der Waals surface area contributed by atoms with Gasteiger partial charge in [0.05, 0.1) is 6.61 Å². The number of nitrogens with two attached hydrogens (primary N) is 1. The summed E-state index contributed by atoms with van der Waals surface area (Å²) in [6, 6.07) is 10.9. The highest BCUT2D eigenvalue weighted by Crippen LogP contribution is 2.20. The summed E-state index contributed by atoms with van der Waals surface area (Å²) < 4.78 is 10.7. The molecule has 0 saturated heterocycles. The van der Waals surface area contributed by atoms with Crippen molar-refractivity contribution in [3.05, 3.63) is 53.7 Å². The standard InChI is InChI=1S/C14H15N3O3/c1-19-9-10-3-2-4-12(7-10)20-13-6-5-11(8-16-13)14(15)17-18/h2-8,18H,9H2,1H3,(H2,15,17). The molecule has 0 fully saturated rings. The van der Waals surface area contributed by atoms with Crippen LogP contribution in [0.15, 0.2) is 47.8 Å². The van der Waals surface area contributed by atoms with Crippen molar-refractivity contribution >= 4 is 5.84 Å². The maximum Gasteiger partial charge on any atom is 0.219 e. The second-order valence-electron chi connectivity index (χ2n) is 4.05. The van der Waals surface area contributed by atoms with E-state index < -0.39 is 0 Å². The summed E-state index contributed by atoms with van der Waals surface area (Å²) in [7, 11) is 1.64. The lowest BCUT2D eigenvalue weighted by molar-refractivity contribution is 0.184. The summed E-state index contributed by atoms with van der Waals surface area (Å²) in [6.07, 6.45) is 1.48. The van der Waals surface area contributed by atoms with Gasteiger partial charge in [0.15, 0.2) is 5.84 Å². The van der Waals surface area contributed by atoms with E-state index in [0.717, 1.165) is 5.56 Å². The number of ether oxygens (including phenoxy) is 2. The lowest BCUT2D eigenvalue weighted by Gasteiger charge is -2.07. The Balaban J connectivity index is 2.12. The molecule has 6 heteroatoms. The van der Waals surface area contributed by atoms with E-state index in [1.807, 2.05) is 24.3 Å². The highest BCUT2D eigenvalue weighted by atomic mass is 16.5. The number of amidine groups is 1. The minimum atomic E-state index is 0.00569. The number of nitrogens with zero attached hydrogens (tertiary/aromatic N) is 2. The predicted octanol–water partition coefficient (Wildman–Crippen LogP) is 2.11. The number of benzene rings is 1. The zero-order valence-corrected chi connectivity index (χ0v) is 11.0. The highest BCUT2D eigenvalue weighted by Gasteiger charge is 2.03. The number of aromatic nitrogens is 1. The van der Waals surface area contributed by atoms with Crippen LogP contribution in [0.25, 0.3) is 0 Å². The van der Waals surface area contributed by atoms with Crippen LogP contribution in [0.3, 0.4) is 0 Å². The van der Waals surface area contributed by atoms with Crippen LogP contribution in [0.5, 0.6) is 11.6 Å². The van der Waals surface area contributed by atoms with E-state index in [9.17, 15) is 0 Å². The van der Waals surface area contributed by atoms with Gasteiger partial charge in [0, 0.05) is 24.9 Å². The van der Waals surface area contributed by atoms with Crippen molar-refractivity contribution in [3.63, 3.8) is 0 Å². The van der Waals surface area contributed by atoms with Gasteiger partial charge in [-0.3, -0.25) is 0 Å². The number of hydrogen-bond acceptors (Lipinski definition) is 5. The van der Waals surface area contributed by atoms with Crippen LogP contribution in [-0.4, -0.2) is 23.1 Å². The SMILES string of the molecule is COCc1cccc(Oc2ccc(C(N)=NO)cn2)c1. The van der Waals surface area contributed by atoms with Crippen molar-refractivity contribution in [2.75, 3.05) is 7.11 Å². The molecule has 20 heavy (non-hydrogen) atoms. The van der Waals surface area contributed by atoms with Gasteiger partial charge < -0.3 is 20.4 Å². The molecule has 104 valence electrons. The van der Waals surface area contributed by atoms with E-state index in [4.69, 9.17) is 20.4 Å². The minimum Gasteiger partial charge on any atom is -0.439 e. The zero-order chi connectivity index (χ0) is 14.4. The second-order valence-corrected chi connectivity index (χ2v) is 4.05. The van der Waals surface area contributed by atoms with Crippen LogP contribution in [0.2, 0.25) is 0 Å². The fourth-order valence-electron chi connectivity index (χ4n) is 1.64. The third-order valence-corrected chi connectivity index (χ3v) is 2.57. The first-order valence-electron chi connectivity index (χ1n) is 5.92. The van der Waals surface area contributed by atoms with Gasteiger partial charge in [0.25, 0.3) is 0 Å². The number of rotatable bonds is 5. The summed E-state index contributed by atoms with van der Waals surface area (Å²) in [5, 5.41) is 11.5. The maximum absolute atomic E-state index is 8.57. The van der Waals surface area contributed by atoms with Gasteiger partial charge >= 0.3 is 0 Å². The van der Waals surface area contributed by atoms with E-state index >= 15 is 0 Å². The lowest BCUT2D eigenvalue weighted by Crippen LogP contribution is -2.13. The van der Waals surface area contributed by atoms with Gasteiger partial charge in [0.1, 0.15) is 5.75 Å². The summed E-state index contributed by atoms with van der Waals surface area (Å²) >= 11 is 0. The van der Waals surface area contributed by atoms with Crippen molar-refractivity contribution in [1.29, 1.82) is 0 Å². The van der Waals surface area contributed by atoms with Crippen LogP contribution in [0.4, 0.5) is 0 Å². The topological polar surface area (TPSA) is 90.0 Å². The summed E-state index contributed by atoms with van der Waals surface area (Å²) in [5.74, 6) is 1.10. The minimum absolute atomic E-state index is 0.00569. The molecule has 6 nitrogen and oxygen atoms in total. The Bertz CT molecular complexity index is 597. The molecule has 0 saturated carbocycles. The first kappa shape index (κ1) is 13.8. The largest absolute Gasteiger partial charge is 0.439 e. The smallest absolute Gasteiger partial charge is 0.219 e. The average Bonchev–Trinajstić information content (AvgIpc) is 2.48. The first-order chi connectivity index (χ1) is 9.72. The van der Waals surface area contributed by atoms with Crippen molar-refractivity contribution in [1.82, 2.24) is 4.98 Å². The van der Waals surface area contributed by atoms with Gasteiger partial charge in [-0.15, -0.1) is 0 Å². The van der Waals surface area contributed by atoms with E-state index in [0.29, 0.717) is 23.8 Å². The Morgan fingerprint density at radius 2 is 2.20 bits per heavy atom. The molecule has 0 radical (unpaired) electrons. The Labute approximate surface area is 116 Å². The molecule has 1 heterocycles. The summed E-state index contributed by atoms with van der Waals surface area (Å²) in [4.78, 5) is 4.09. The van der Waals surface area contributed by atoms with Crippen LogP contribution in [-0.2, 0) is 11.3 Å². The Kier molecular flexibility index (Phi) is 4.52. The van der Waals surface area contributed by atoms with Gasteiger partial charge in [-0.25, -0.2) is 4.98 Å². The van der Waals surface area contributed by atoms with Gasteiger partial charge in [-0.2, -0.15) is 0 Å². The van der Waals surface area contributed by atoms with Crippen molar-refractivity contribution in [2.45, 2.75) is 6.61 Å². The highest BCUT2D eigenvalue weighted by molar-refractivity contribution is 5.96. The molecule has 3 N–H and O–H groups in total. The maximum atomic E-state index is 8.57. The third kappa shape index (κ3) is 3.46. The van der Waals surface area contributed by atoms with E-state index in [2.05, 4.69) is 10.1 Å².